The van der Waals surface area contributed by atoms with Crippen molar-refractivity contribution in [3.8, 4) is 0 Å². The molecule has 0 spiro atoms. The molecule has 0 aromatic heterocycles. The molecule has 7 nitrogen and oxygen atoms in total. The average molecular weight is 538 g/mol. The van der Waals surface area contributed by atoms with E-state index in [1.165, 1.54) is 32.2 Å². The standard InChI is InChI=1S/C20H35N5O2S.HI/c1-3-18-10-8-9-16-25(18)17-15-23-20(21-4-2)22-13-14-24-28(26,27)19-11-6-5-7-12-19;/h5-7,11-12,18,24H,3-4,8-10,13-17H2,1-2H3,(H2,21,22,23);1H. The van der Waals surface area contributed by atoms with Crippen molar-refractivity contribution in [1.82, 2.24) is 20.3 Å². The third kappa shape index (κ3) is 9.18. The van der Waals surface area contributed by atoms with Crippen molar-refractivity contribution in [3.63, 3.8) is 0 Å². The Morgan fingerprint density at radius 3 is 2.59 bits per heavy atom. The summed E-state index contributed by atoms with van der Waals surface area (Å²) < 4.78 is 27.0. The van der Waals surface area contributed by atoms with Gasteiger partial charge in [-0.05, 0) is 44.9 Å². The van der Waals surface area contributed by atoms with E-state index in [9.17, 15) is 8.42 Å². The molecule has 1 saturated heterocycles. The smallest absolute Gasteiger partial charge is 0.240 e. The zero-order valence-corrected chi connectivity index (χ0v) is 20.7. The maximum atomic E-state index is 12.2. The number of rotatable bonds is 10. The van der Waals surface area contributed by atoms with Crippen LogP contribution in [0.2, 0.25) is 0 Å². The molecule has 1 aliphatic rings. The second kappa shape index (κ2) is 14.2. The van der Waals surface area contributed by atoms with Gasteiger partial charge >= 0.3 is 0 Å². The molecule has 0 amide bonds. The third-order valence-corrected chi connectivity index (χ3v) is 6.46. The van der Waals surface area contributed by atoms with Crippen LogP contribution in [0.1, 0.15) is 39.5 Å². The van der Waals surface area contributed by atoms with Gasteiger partial charge < -0.3 is 10.6 Å². The van der Waals surface area contributed by atoms with Gasteiger partial charge in [0.15, 0.2) is 5.96 Å². The van der Waals surface area contributed by atoms with Crippen LogP contribution < -0.4 is 15.4 Å². The Labute approximate surface area is 193 Å². The van der Waals surface area contributed by atoms with Crippen LogP contribution in [-0.4, -0.2) is 64.6 Å². The number of halogens is 1. The first-order chi connectivity index (χ1) is 13.6. The number of aliphatic imine (C=N–C) groups is 1. The molecule has 1 atom stereocenters. The summed E-state index contributed by atoms with van der Waals surface area (Å²) in [5, 5.41) is 6.58. The van der Waals surface area contributed by atoms with E-state index in [0.29, 0.717) is 12.6 Å². The average Bonchev–Trinajstić information content (AvgIpc) is 2.72. The van der Waals surface area contributed by atoms with Crippen LogP contribution in [0.25, 0.3) is 0 Å². The van der Waals surface area contributed by atoms with E-state index < -0.39 is 10.0 Å². The number of benzene rings is 1. The monoisotopic (exact) mass is 537 g/mol. The maximum Gasteiger partial charge on any atom is 0.240 e. The SMILES string of the molecule is CCNC(=NCCNS(=O)(=O)c1ccccc1)NCCN1CCCCC1CC.I. The summed E-state index contributed by atoms with van der Waals surface area (Å²) in [6.45, 7) is 8.70. The second-order valence-electron chi connectivity index (χ2n) is 6.99. The molecule has 1 fully saturated rings. The first-order valence-electron chi connectivity index (χ1n) is 10.4. The molecule has 1 unspecified atom stereocenters. The molecule has 0 saturated carbocycles. The van der Waals surface area contributed by atoms with Gasteiger partial charge in [-0.2, -0.15) is 0 Å². The first-order valence-corrected chi connectivity index (χ1v) is 11.9. The van der Waals surface area contributed by atoms with Crippen LogP contribution in [0.15, 0.2) is 40.2 Å². The van der Waals surface area contributed by atoms with Crippen LogP contribution in [0.3, 0.4) is 0 Å². The minimum Gasteiger partial charge on any atom is -0.357 e. The molecule has 0 bridgehead atoms. The Hall–Kier alpha value is -0.910. The van der Waals surface area contributed by atoms with Gasteiger partial charge in [0.05, 0.1) is 11.4 Å². The van der Waals surface area contributed by atoms with E-state index in [2.05, 4.69) is 32.2 Å². The summed E-state index contributed by atoms with van der Waals surface area (Å²) >= 11 is 0. The molecule has 0 aliphatic carbocycles. The Balaban J connectivity index is 0.00000420. The highest BCUT2D eigenvalue weighted by Crippen LogP contribution is 2.18. The first kappa shape index (κ1) is 26.1. The Morgan fingerprint density at radius 2 is 1.90 bits per heavy atom. The lowest BCUT2D eigenvalue weighted by Crippen LogP contribution is -2.46. The fraction of sp³-hybridized carbons (Fsp3) is 0.650. The van der Waals surface area contributed by atoms with Crippen molar-refractivity contribution in [2.24, 2.45) is 4.99 Å². The van der Waals surface area contributed by atoms with E-state index in [4.69, 9.17) is 0 Å². The maximum absolute atomic E-state index is 12.2. The van der Waals surface area contributed by atoms with E-state index in [1.807, 2.05) is 6.92 Å². The van der Waals surface area contributed by atoms with Crippen molar-refractivity contribution >= 4 is 40.0 Å². The van der Waals surface area contributed by atoms with Crippen molar-refractivity contribution in [3.05, 3.63) is 30.3 Å². The van der Waals surface area contributed by atoms with Crippen LogP contribution in [0.4, 0.5) is 0 Å². The van der Waals surface area contributed by atoms with Crippen LogP contribution in [0.5, 0.6) is 0 Å². The highest BCUT2D eigenvalue weighted by molar-refractivity contribution is 14.0. The number of likely N-dealkylation sites (tertiary alicyclic amines) is 1. The number of piperidine rings is 1. The predicted molar refractivity (Wildman–Crippen MR) is 131 cm³/mol. The third-order valence-electron chi connectivity index (χ3n) is 4.98. The Kier molecular flexibility index (Phi) is 12.8. The van der Waals surface area contributed by atoms with E-state index in [1.54, 1.807) is 30.3 Å². The molecule has 166 valence electrons. The summed E-state index contributed by atoms with van der Waals surface area (Å²) in [6, 6.07) is 9.09. The minimum absolute atomic E-state index is 0. The number of nitrogens with one attached hydrogen (secondary N) is 3. The van der Waals surface area contributed by atoms with Crippen molar-refractivity contribution in [1.29, 1.82) is 0 Å². The zero-order chi connectivity index (χ0) is 20.2. The summed E-state index contributed by atoms with van der Waals surface area (Å²) in [5.74, 6) is 0.728. The molecular formula is C20H36IN5O2S. The Morgan fingerprint density at radius 1 is 1.14 bits per heavy atom. The van der Waals surface area contributed by atoms with Gasteiger partial charge in [-0.15, -0.1) is 24.0 Å². The van der Waals surface area contributed by atoms with E-state index >= 15 is 0 Å². The van der Waals surface area contributed by atoms with Crippen molar-refractivity contribution < 1.29 is 8.42 Å². The fourth-order valence-electron chi connectivity index (χ4n) is 3.51. The van der Waals surface area contributed by atoms with Crippen molar-refractivity contribution in [2.75, 3.05) is 39.3 Å². The highest BCUT2D eigenvalue weighted by Gasteiger charge is 2.20. The Bertz CT molecular complexity index is 700. The zero-order valence-electron chi connectivity index (χ0n) is 17.6. The predicted octanol–water partition coefficient (Wildman–Crippen LogP) is 2.40. The molecule has 1 aliphatic heterocycles. The lowest BCUT2D eigenvalue weighted by atomic mass is 10.0. The molecule has 29 heavy (non-hydrogen) atoms. The minimum atomic E-state index is -3.48. The largest absolute Gasteiger partial charge is 0.357 e. The highest BCUT2D eigenvalue weighted by atomic mass is 127. The number of sulfonamides is 1. The van der Waals surface area contributed by atoms with Gasteiger partial charge in [0.2, 0.25) is 10.0 Å². The number of guanidine groups is 1. The van der Waals surface area contributed by atoms with Gasteiger partial charge in [-0.25, -0.2) is 13.1 Å². The summed E-state index contributed by atoms with van der Waals surface area (Å²) in [6.07, 6.45) is 5.12. The number of hydrogen-bond acceptors (Lipinski definition) is 4. The van der Waals surface area contributed by atoms with E-state index in [-0.39, 0.29) is 35.4 Å². The molecule has 0 radical (unpaired) electrons. The number of hydrogen-bond donors (Lipinski definition) is 3. The van der Waals surface area contributed by atoms with Gasteiger partial charge in [0, 0.05) is 32.2 Å². The van der Waals surface area contributed by atoms with Gasteiger partial charge in [0.1, 0.15) is 0 Å². The van der Waals surface area contributed by atoms with Gasteiger partial charge in [0.25, 0.3) is 0 Å². The van der Waals surface area contributed by atoms with Crippen LogP contribution >= 0.6 is 24.0 Å². The molecule has 9 heteroatoms. The molecular weight excluding hydrogens is 501 g/mol. The van der Waals surface area contributed by atoms with Gasteiger partial charge in [-0.1, -0.05) is 31.5 Å². The summed E-state index contributed by atoms with van der Waals surface area (Å²) in [5.41, 5.74) is 0. The summed E-state index contributed by atoms with van der Waals surface area (Å²) in [4.78, 5) is 7.32. The molecule has 1 aromatic carbocycles. The normalized spacial score (nSPS) is 18.1. The van der Waals surface area contributed by atoms with E-state index in [0.717, 1.165) is 25.6 Å². The molecule has 3 N–H and O–H groups in total. The second-order valence-corrected chi connectivity index (χ2v) is 8.76. The van der Waals surface area contributed by atoms with Crippen LogP contribution in [-0.2, 0) is 10.0 Å². The molecule has 1 aromatic rings. The van der Waals surface area contributed by atoms with Crippen LogP contribution in [0, 0.1) is 0 Å². The number of nitrogens with zero attached hydrogens (tertiary/aromatic N) is 2. The molecule has 2 rings (SSSR count). The lowest BCUT2D eigenvalue weighted by Gasteiger charge is -2.35. The lowest BCUT2D eigenvalue weighted by molar-refractivity contribution is 0.147. The summed E-state index contributed by atoms with van der Waals surface area (Å²) in [7, 11) is -3.48. The fourth-order valence-corrected chi connectivity index (χ4v) is 4.55. The van der Waals surface area contributed by atoms with Gasteiger partial charge in [-0.3, -0.25) is 9.89 Å². The quantitative estimate of drug-likeness (QED) is 0.185. The van der Waals surface area contributed by atoms with Crippen molar-refractivity contribution in [2.45, 2.75) is 50.5 Å². The molecule has 1 heterocycles. The topological polar surface area (TPSA) is 85.8 Å².